The molecule has 0 aliphatic heterocycles. The van der Waals surface area contributed by atoms with E-state index in [-0.39, 0.29) is 11.3 Å². The molecule has 17 heavy (non-hydrogen) atoms. The fraction of sp³-hybridized carbons (Fsp3) is 0.357. The third-order valence-corrected chi connectivity index (χ3v) is 3.28. The van der Waals surface area contributed by atoms with Gasteiger partial charge in [-0.1, -0.05) is 18.2 Å². The van der Waals surface area contributed by atoms with Crippen molar-refractivity contribution in [2.45, 2.75) is 24.7 Å². The van der Waals surface area contributed by atoms with Crippen molar-refractivity contribution in [2.75, 3.05) is 12.3 Å². The van der Waals surface area contributed by atoms with Crippen LogP contribution in [0.2, 0.25) is 0 Å². The van der Waals surface area contributed by atoms with Crippen LogP contribution < -0.4 is 11.1 Å². The lowest BCUT2D eigenvalue weighted by molar-refractivity contribution is -0.123. The Morgan fingerprint density at radius 1 is 1.41 bits per heavy atom. The number of carbonyl (C=O) groups excluding carboxylic acids is 1. The van der Waals surface area contributed by atoms with E-state index < -0.39 is 0 Å². The van der Waals surface area contributed by atoms with Crippen LogP contribution in [0, 0.1) is 0 Å². The highest BCUT2D eigenvalue weighted by molar-refractivity contribution is 5.91. The van der Waals surface area contributed by atoms with Crippen LogP contribution >= 0.6 is 0 Å². The van der Waals surface area contributed by atoms with Gasteiger partial charge in [-0.3, -0.25) is 4.79 Å². The first-order valence-electron chi connectivity index (χ1n) is 5.94. The number of anilines is 1. The summed E-state index contributed by atoms with van der Waals surface area (Å²) in [6.45, 7) is 4.30. The summed E-state index contributed by atoms with van der Waals surface area (Å²) < 4.78 is 0. The molecule has 1 amide bonds. The zero-order valence-corrected chi connectivity index (χ0v) is 9.91. The molecule has 1 fully saturated rings. The summed E-state index contributed by atoms with van der Waals surface area (Å²) in [5.74, 6) is 0.129. The molecular weight excluding hydrogens is 212 g/mol. The van der Waals surface area contributed by atoms with Crippen LogP contribution in [0.1, 0.15) is 24.8 Å². The van der Waals surface area contributed by atoms with Crippen LogP contribution in [0.5, 0.6) is 0 Å². The van der Waals surface area contributed by atoms with Gasteiger partial charge >= 0.3 is 0 Å². The molecule has 0 spiro atoms. The lowest BCUT2D eigenvalue weighted by Gasteiger charge is -2.15. The van der Waals surface area contributed by atoms with E-state index in [1.165, 1.54) is 0 Å². The zero-order chi connectivity index (χ0) is 12.3. The van der Waals surface area contributed by atoms with E-state index in [2.05, 4.69) is 11.9 Å². The molecular formula is C14H18N2O. The van der Waals surface area contributed by atoms with Gasteiger partial charge in [0.25, 0.3) is 0 Å². The maximum absolute atomic E-state index is 12.1. The second-order valence-electron chi connectivity index (χ2n) is 4.54. The summed E-state index contributed by atoms with van der Waals surface area (Å²) >= 11 is 0. The van der Waals surface area contributed by atoms with Gasteiger partial charge < -0.3 is 11.1 Å². The summed E-state index contributed by atoms with van der Waals surface area (Å²) in [5.41, 5.74) is 7.16. The number of benzene rings is 1. The smallest absolute Gasteiger partial charge is 0.230 e. The van der Waals surface area contributed by atoms with Crippen molar-refractivity contribution < 1.29 is 4.79 Å². The quantitative estimate of drug-likeness (QED) is 0.462. The molecule has 3 nitrogen and oxygen atoms in total. The lowest BCUT2D eigenvalue weighted by atomic mass is 9.95. The highest BCUT2D eigenvalue weighted by Gasteiger charge is 2.50. The Hall–Kier alpha value is -1.77. The fourth-order valence-corrected chi connectivity index (χ4v) is 2.03. The minimum Gasteiger partial charge on any atom is -0.399 e. The van der Waals surface area contributed by atoms with Gasteiger partial charge in [0.15, 0.2) is 0 Å². The maximum Gasteiger partial charge on any atom is 0.230 e. The third-order valence-electron chi connectivity index (χ3n) is 3.28. The molecule has 1 saturated carbocycles. The second-order valence-corrected chi connectivity index (χ2v) is 4.54. The minimum atomic E-state index is -0.297. The van der Waals surface area contributed by atoms with E-state index in [1.54, 1.807) is 0 Å². The van der Waals surface area contributed by atoms with Crippen molar-refractivity contribution in [2.24, 2.45) is 0 Å². The number of nitrogens with one attached hydrogen (secondary N) is 1. The van der Waals surface area contributed by atoms with E-state index in [0.717, 1.165) is 30.5 Å². The topological polar surface area (TPSA) is 55.1 Å². The number of carbonyl (C=O) groups is 1. The first-order chi connectivity index (χ1) is 8.19. The molecule has 1 aromatic carbocycles. The molecule has 0 aromatic heterocycles. The first kappa shape index (κ1) is 11.7. The SMILES string of the molecule is C=CCCNC(=O)C1(c2ccc(N)cc2)CC1. The van der Waals surface area contributed by atoms with Crippen LogP contribution in [0.15, 0.2) is 36.9 Å². The Balaban J connectivity index is 2.06. The molecule has 0 saturated heterocycles. The van der Waals surface area contributed by atoms with E-state index in [9.17, 15) is 4.79 Å². The van der Waals surface area contributed by atoms with Crippen molar-refractivity contribution in [3.8, 4) is 0 Å². The van der Waals surface area contributed by atoms with E-state index >= 15 is 0 Å². The molecule has 1 aliphatic rings. The van der Waals surface area contributed by atoms with E-state index in [0.29, 0.717) is 6.54 Å². The van der Waals surface area contributed by atoms with Crippen molar-refractivity contribution in [1.82, 2.24) is 5.32 Å². The molecule has 0 unspecified atom stereocenters. The standard InChI is InChI=1S/C14H18N2O/c1-2-3-10-16-13(17)14(8-9-14)11-4-6-12(15)7-5-11/h2,4-7H,1,3,8-10,15H2,(H,16,17). The Morgan fingerprint density at radius 2 is 2.06 bits per heavy atom. The van der Waals surface area contributed by atoms with Crippen molar-refractivity contribution in [3.05, 3.63) is 42.5 Å². The molecule has 1 aliphatic carbocycles. The first-order valence-corrected chi connectivity index (χ1v) is 5.94. The molecule has 1 aromatic rings. The fourth-order valence-electron chi connectivity index (χ4n) is 2.03. The normalized spacial score (nSPS) is 16.2. The molecule has 0 heterocycles. The maximum atomic E-state index is 12.1. The number of nitrogens with two attached hydrogens (primary N) is 1. The van der Waals surface area contributed by atoms with Crippen molar-refractivity contribution >= 4 is 11.6 Å². The highest BCUT2D eigenvalue weighted by Crippen LogP contribution is 2.48. The molecule has 3 heteroatoms. The largest absolute Gasteiger partial charge is 0.399 e. The van der Waals surface area contributed by atoms with Gasteiger partial charge in [0, 0.05) is 12.2 Å². The number of rotatable bonds is 5. The summed E-state index contributed by atoms with van der Waals surface area (Å²) in [7, 11) is 0. The van der Waals surface area contributed by atoms with E-state index in [1.807, 2.05) is 30.3 Å². The Morgan fingerprint density at radius 3 is 2.59 bits per heavy atom. The summed E-state index contributed by atoms with van der Waals surface area (Å²) in [6, 6.07) is 7.61. The average molecular weight is 230 g/mol. The molecule has 0 atom stereocenters. The summed E-state index contributed by atoms with van der Waals surface area (Å²) in [5, 5.41) is 2.96. The predicted molar refractivity (Wildman–Crippen MR) is 69.6 cm³/mol. The molecule has 0 bridgehead atoms. The van der Waals surface area contributed by atoms with Gasteiger partial charge in [-0.25, -0.2) is 0 Å². The van der Waals surface area contributed by atoms with Crippen LogP contribution in [-0.4, -0.2) is 12.5 Å². The van der Waals surface area contributed by atoms with Crippen LogP contribution in [0.4, 0.5) is 5.69 Å². The van der Waals surface area contributed by atoms with Crippen molar-refractivity contribution in [1.29, 1.82) is 0 Å². The van der Waals surface area contributed by atoms with Crippen LogP contribution in [0.3, 0.4) is 0 Å². The summed E-state index contributed by atoms with van der Waals surface area (Å²) in [6.07, 6.45) is 4.47. The van der Waals surface area contributed by atoms with Crippen LogP contribution in [-0.2, 0) is 10.2 Å². The molecule has 0 radical (unpaired) electrons. The zero-order valence-electron chi connectivity index (χ0n) is 9.91. The van der Waals surface area contributed by atoms with Gasteiger partial charge in [0.1, 0.15) is 0 Å². The van der Waals surface area contributed by atoms with Gasteiger partial charge in [-0.15, -0.1) is 6.58 Å². The Kier molecular flexibility index (Phi) is 3.18. The lowest BCUT2D eigenvalue weighted by Crippen LogP contribution is -2.35. The van der Waals surface area contributed by atoms with Crippen LogP contribution in [0.25, 0.3) is 0 Å². The predicted octanol–water partition coefficient (Wildman–Crippen LogP) is 1.99. The number of hydrogen-bond donors (Lipinski definition) is 2. The minimum absolute atomic E-state index is 0.129. The average Bonchev–Trinajstić information content (AvgIpc) is 3.11. The number of amides is 1. The van der Waals surface area contributed by atoms with Gasteiger partial charge in [-0.05, 0) is 37.0 Å². The Bertz CT molecular complexity index is 418. The molecule has 3 N–H and O–H groups in total. The third kappa shape index (κ3) is 2.33. The molecule has 2 rings (SSSR count). The summed E-state index contributed by atoms with van der Waals surface area (Å²) in [4.78, 5) is 12.1. The number of hydrogen-bond acceptors (Lipinski definition) is 2. The Labute approximate surface area is 102 Å². The van der Waals surface area contributed by atoms with E-state index in [4.69, 9.17) is 5.73 Å². The van der Waals surface area contributed by atoms with Gasteiger partial charge in [0.2, 0.25) is 5.91 Å². The number of nitrogen functional groups attached to an aromatic ring is 1. The second kappa shape index (κ2) is 4.62. The van der Waals surface area contributed by atoms with Gasteiger partial charge in [0.05, 0.1) is 5.41 Å². The highest BCUT2D eigenvalue weighted by atomic mass is 16.2. The molecule has 90 valence electrons. The van der Waals surface area contributed by atoms with Crippen molar-refractivity contribution in [3.63, 3.8) is 0 Å². The van der Waals surface area contributed by atoms with Gasteiger partial charge in [-0.2, -0.15) is 0 Å². The monoisotopic (exact) mass is 230 g/mol.